The summed E-state index contributed by atoms with van der Waals surface area (Å²) in [4.78, 5) is 12.4. The molecule has 0 radical (unpaired) electrons. The maximum Gasteiger partial charge on any atom is 0.220 e. The van der Waals surface area contributed by atoms with Crippen LogP contribution in [-0.2, 0) is 4.79 Å². The normalized spacial score (nSPS) is 13.0. The van der Waals surface area contributed by atoms with Crippen molar-refractivity contribution in [3.05, 3.63) is 12.2 Å². The molecule has 0 saturated carbocycles. The van der Waals surface area contributed by atoms with Gasteiger partial charge in [-0.05, 0) is 38.5 Å². The molecular formula is C46H91NO3. The van der Waals surface area contributed by atoms with Crippen molar-refractivity contribution < 1.29 is 15.0 Å². The number of rotatable bonds is 42. The van der Waals surface area contributed by atoms with E-state index in [1.165, 1.54) is 205 Å². The Morgan fingerprint density at radius 2 is 0.760 bits per heavy atom. The molecule has 0 rings (SSSR count). The molecule has 0 aliphatic carbocycles. The Morgan fingerprint density at radius 3 is 1.10 bits per heavy atom. The van der Waals surface area contributed by atoms with Gasteiger partial charge >= 0.3 is 0 Å². The van der Waals surface area contributed by atoms with E-state index >= 15 is 0 Å². The van der Waals surface area contributed by atoms with Crippen molar-refractivity contribution in [2.45, 2.75) is 270 Å². The number of aliphatic hydroxyl groups is 2. The highest BCUT2D eigenvalue weighted by Gasteiger charge is 2.20. The van der Waals surface area contributed by atoms with Gasteiger partial charge in [-0.2, -0.15) is 0 Å². The van der Waals surface area contributed by atoms with E-state index in [4.69, 9.17) is 0 Å². The summed E-state index contributed by atoms with van der Waals surface area (Å²) in [6.07, 6.45) is 52.9. The standard InChI is InChI=1S/C46H91NO3/c1-3-5-7-9-11-13-15-17-19-21-23-24-25-27-29-31-33-35-37-39-41-45(49)44(43-48)47-46(50)42-40-38-36-34-32-30-28-26-22-20-18-16-14-12-10-8-6-4-2/h26,28,44-45,48-49H,3-25,27,29-43H2,1-2H3,(H,47,50)/b28-26-. The van der Waals surface area contributed by atoms with Crippen molar-refractivity contribution >= 4 is 5.91 Å². The average Bonchev–Trinajstić information content (AvgIpc) is 3.12. The topological polar surface area (TPSA) is 69.6 Å². The number of hydrogen-bond donors (Lipinski definition) is 3. The van der Waals surface area contributed by atoms with Crippen LogP contribution in [0, 0.1) is 0 Å². The van der Waals surface area contributed by atoms with Crippen molar-refractivity contribution in [3.63, 3.8) is 0 Å². The monoisotopic (exact) mass is 706 g/mol. The highest BCUT2D eigenvalue weighted by atomic mass is 16.3. The van der Waals surface area contributed by atoms with Gasteiger partial charge in [0.1, 0.15) is 0 Å². The summed E-state index contributed by atoms with van der Waals surface area (Å²) in [6.45, 7) is 4.38. The van der Waals surface area contributed by atoms with Crippen LogP contribution in [0.3, 0.4) is 0 Å². The third kappa shape index (κ3) is 38.4. The van der Waals surface area contributed by atoms with Crippen molar-refractivity contribution in [2.75, 3.05) is 6.61 Å². The Balaban J connectivity index is 3.49. The third-order valence-corrected chi connectivity index (χ3v) is 10.8. The second kappa shape index (κ2) is 42.5. The molecule has 4 heteroatoms. The smallest absolute Gasteiger partial charge is 0.220 e. The third-order valence-electron chi connectivity index (χ3n) is 10.8. The molecule has 4 nitrogen and oxygen atoms in total. The van der Waals surface area contributed by atoms with Gasteiger partial charge in [0.2, 0.25) is 5.91 Å². The number of allylic oxidation sites excluding steroid dienone is 2. The summed E-state index contributed by atoms with van der Waals surface area (Å²) in [5.74, 6) is -0.0361. The van der Waals surface area contributed by atoms with Crippen LogP contribution in [0.2, 0.25) is 0 Å². The predicted octanol–water partition coefficient (Wildman–Crippen LogP) is 14.2. The van der Waals surface area contributed by atoms with Crippen LogP contribution in [-0.4, -0.2) is 34.9 Å². The number of aliphatic hydroxyl groups excluding tert-OH is 2. The Labute approximate surface area is 314 Å². The van der Waals surface area contributed by atoms with Gasteiger partial charge < -0.3 is 15.5 Å². The second-order valence-corrected chi connectivity index (χ2v) is 15.8. The summed E-state index contributed by atoms with van der Waals surface area (Å²) in [6, 6.07) is -0.537. The molecule has 2 atom stereocenters. The van der Waals surface area contributed by atoms with E-state index in [2.05, 4.69) is 31.3 Å². The lowest BCUT2D eigenvalue weighted by atomic mass is 10.0. The fourth-order valence-electron chi connectivity index (χ4n) is 7.24. The molecule has 1 amide bonds. The van der Waals surface area contributed by atoms with Gasteiger partial charge in [0.25, 0.3) is 0 Å². The highest BCUT2D eigenvalue weighted by molar-refractivity contribution is 5.76. The molecule has 3 N–H and O–H groups in total. The molecule has 0 heterocycles. The quantitative estimate of drug-likeness (QED) is 0.0437. The van der Waals surface area contributed by atoms with Gasteiger partial charge in [-0.3, -0.25) is 4.79 Å². The molecule has 2 unspecified atom stereocenters. The summed E-state index contributed by atoms with van der Waals surface area (Å²) < 4.78 is 0. The Hall–Kier alpha value is -0.870. The average molecular weight is 706 g/mol. The summed E-state index contributed by atoms with van der Waals surface area (Å²) in [5.41, 5.74) is 0. The zero-order valence-corrected chi connectivity index (χ0v) is 34.2. The first-order valence-electron chi connectivity index (χ1n) is 22.9. The van der Waals surface area contributed by atoms with Crippen LogP contribution in [0.25, 0.3) is 0 Å². The molecule has 0 aliphatic heterocycles. The zero-order chi connectivity index (χ0) is 36.4. The zero-order valence-electron chi connectivity index (χ0n) is 34.2. The molecule has 0 fully saturated rings. The van der Waals surface area contributed by atoms with E-state index in [-0.39, 0.29) is 12.5 Å². The molecule has 0 bridgehead atoms. The number of hydrogen-bond acceptors (Lipinski definition) is 3. The van der Waals surface area contributed by atoms with E-state index in [1.807, 2.05) is 0 Å². The number of carbonyl (C=O) groups is 1. The minimum atomic E-state index is -0.659. The summed E-state index contributed by atoms with van der Waals surface area (Å²) >= 11 is 0. The van der Waals surface area contributed by atoms with Crippen LogP contribution in [0.5, 0.6) is 0 Å². The highest BCUT2D eigenvalue weighted by Crippen LogP contribution is 2.16. The molecule has 0 saturated heterocycles. The van der Waals surface area contributed by atoms with Gasteiger partial charge in [-0.1, -0.05) is 225 Å². The van der Waals surface area contributed by atoms with E-state index in [0.29, 0.717) is 12.8 Å². The van der Waals surface area contributed by atoms with Gasteiger partial charge in [-0.15, -0.1) is 0 Å². The van der Waals surface area contributed by atoms with Crippen LogP contribution < -0.4 is 5.32 Å². The molecular weight excluding hydrogens is 615 g/mol. The molecule has 298 valence electrons. The first-order valence-corrected chi connectivity index (χ1v) is 22.9. The Morgan fingerprint density at radius 1 is 0.460 bits per heavy atom. The minimum absolute atomic E-state index is 0.0361. The first kappa shape index (κ1) is 49.1. The summed E-state index contributed by atoms with van der Waals surface area (Å²) in [5, 5.41) is 23.2. The lowest BCUT2D eigenvalue weighted by molar-refractivity contribution is -0.123. The van der Waals surface area contributed by atoms with Crippen molar-refractivity contribution in [1.29, 1.82) is 0 Å². The number of amides is 1. The van der Waals surface area contributed by atoms with Gasteiger partial charge in [0.05, 0.1) is 18.8 Å². The van der Waals surface area contributed by atoms with E-state index < -0.39 is 12.1 Å². The largest absolute Gasteiger partial charge is 0.394 e. The number of unbranched alkanes of at least 4 members (excludes halogenated alkanes) is 33. The van der Waals surface area contributed by atoms with Crippen LogP contribution in [0.1, 0.15) is 258 Å². The van der Waals surface area contributed by atoms with E-state index in [9.17, 15) is 15.0 Å². The lowest BCUT2D eigenvalue weighted by Gasteiger charge is -2.22. The molecule has 0 spiro atoms. The van der Waals surface area contributed by atoms with Crippen LogP contribution >= 0.6 is 0 Å². The maximum absolute atomic E-state index is 12.4. The van der Waals surface area contributed by atoms with Gasteiger partial charge in [0, 0.05) is 6.42 Å². The minimum Gasteiger partial charge on any atom is -0.394 e. The molecule has 0 aromatic heterocycles. The number of nitrogens with one attached hydrogen (secondary N) is 1. The molecule has 0 aliphatic rings. The summed E-state index contributed by atoms with van der Waals surface area (Å²) in [7, 11) is 0. The van der Waals surface area contributed by atoms with E-state index in [1.54, 1.807) is 0 Å². The SMILES string of the molecule is CCCCCCCCCCC/C=C\CCCCCCCC(=O)NC(CO)C(O)CCCCCCCCCCCCCCCCCCCCCC. The van der Waals surface area contributed by atoms with E-state index in [0.717, 1.165) is 25.7 Å². The lowest BCUT2D eigenvalue weighted by Crippen LogP contribution is -2.45. The molecule has 0 aromatic carbocycles. The molecule has 0 aromatic rings. The Bertz CT molecular complexity index is 680. The number of carbonyl (C=O) groups excluding carboxylic acids is 1. The van der Waals surface area contributed by atoms with Gasteiger partial charge in [-0.25, -0.2) is 0 Å². The molecule has 50 heavy (non-hydrogen) atoms. The maximum atomic E-state index is 12.4. The fourth-order valence-corrected chi connectivity index (χ4v) is 7.24. The second-order valence-electron chi connectivity index (χ2n) is 15.8. The fraction of sp³-hybridized carbons (Fsp3) is 0.935. The van der Waals surface area contributed by atoms with Crippen LogP contribution in [0.15, 0.2) is 12.2 Å². The van der Waals surface area contributed by atoms with Gasteiger partial charge in [0.15, 0.2) is 0 Å². The van der Waals surface area contributed by atoms with Crippen molar-refractivity contribution in [2.24, 2.45) is 0 Å². The van der Waals surface area contributed by atoms with Crippen molar-refractivity contribution in [1.82, 2.24) is 5.32 Å². The predicted molar refractivity (Wildman–Crippen MR) is 221 cm³/mol. The Kier molecular flexibility index (Phi) is 41.8. The van der Waals surface area contributed by atoms with Crippen molar-refractivity contribution in [3.8, 4) is 0 Å². The first-order chi connectivity index (χ1) is 24.7. The van der Waals surface area contributed by atoms with Crippen LogP contribution in [0.4, 0.5) is 0 Å².